The van der Waals surface area contributed by atoms with E-state index < -0.39 is 5.97 Å². The zero-order chi connectivity index (χ0) is 12.3. The number of aliphatic carboxylic acids is 1. The molecule has 0 amide bonds. The average molecular weight is 254 g/mol. The Kier molecular flexibility index (Phi) is 3.89. The molecule has 0 aliphatic carbocycles. The van der Waals surface area contributed by atoms with Crippen LogP contribution >= 0.6 is 11.6 Å². The molecular formula is C13H16ClNO2. The molecule has 1 heterocycles. The first-order chi connectivity index (χ1) is 8.16. The zero-order valence-electron chi connectivity index (χ0n) is 9.60. The summed E-state index contributed by atoms with van der Waals surface area (Å²) in [5.74, 6) is -0.715. The monoisotopic (exact) mass is 253 g/mol. The van der Waals surface area contributed by atoms with E-state index in [2.05, 4.69) is 4.90 Å². The second-order valence-corrected chi connectivity index (χ2v) is 4.83. The molecule has 1 N–H and O–H groups in total. The number of anilines is 1. The molecule has 92 valence electrons. The van der Waals surface area contributed by atoms with Gasteiger partial charge in [-0.15, -0.1) is 0 Å². The van der Waals surface area contributed by atoms with Crippen LogP contribution in [-0.4, -0.2) is 23.7 Å². The van der Waals surface area contributed by atoms with Crippen LogP contribution in [0, 0.1) is 0 Å². The molecule has 0 saturated carbocycles. The summed E-state index contributed by atoms with van der Waals surface area (Å²) in [5, 5.41) is 9.46. The van der Waals surface area contributed by atoms with Gasteiger partial charge in [0.25, 0.3) is 0 Å². The van der Waals surface area contributed by atoms with E-state index >= 15 is 0 Å². The fourth-order valence-electron chi connectivity index (χ4n) is 2.40. The molecule has 1 saturated heterocycles. The molecule has 3 nitrogen and oxygen atoms in total. The summed E-state index contributed by atoms with van der Waals surface area (Å²) >= 11 is 5.86. The van der Waals surface area contributed by atoms with Gasteiger partial charge < -0.3 is 10.0 Å². The van der Waals surface area contributed by atoms with Crippen molar-refractivity contribution in [1.82, 2.24) is 0 Å². The van der Waals surface area contributed by atoms with E-state index in [9.17, 15) is 4.79 Å². The van der Waals surface area contributed by atoms with Crippen molar-refractivity contribution in [3.05, 3.63) is 29.3 Å². The van der Waals surface area contributed by atoms with Crippen LogP contribution in [-0.2, 0) is 4.79 Å². The van der Waals surface area contributed by atoms with E-state index in [-0.39, 0.29) is 6.42 Å². The number of nitrogens with zero attached hydrogens (tertiary/aromatic N) is 1. The lowest BCUT2D eigenvalue weighted by molar-refractivity contribution is -0.137. The van der Waals surface area contributed by atoms with E-state index in [0.29, 0.717) is 6.04 Å². The Morgan fingerprint density at radius 1 is 1.41 bits per heavy atom. The molecule has 4 heteroatoms. The van der Waals surface area contributed by atoms with Crippen molar-refractivity contribution in [3.8, 4) is 0 Å². The molecule has 2 rings (SSSR count). The van der Waals surface area contributed by atoms with Gasteiger partial charge >= 0.3 is 5.97 Å². The third-order valence-corrected chi connectivity index (χ3v) is 3.48. The predicted molar refractivity (Wildman–Crippen MR) is 68.7 cm³/mol. The Balaban J connectivity index is 2.03. The van der Waals surface area contributed by atoms with Crippen LogP contribution in [0.25, 0.3) is 0 Å². The molecule has 1 aliphatic heterocycles. The highest BCUT2D eigenvalue weighted by molar-refractivity contribution is 6.30. The van der Waals surface area contributed by atoms with Crippen molar-refractivity contribution in [2.45, 2.75) is 31.7 Å². The molecule has 1 aromatic rings. The van der Waals surface area contributed by atoms with Gasteiger partial charge in [-0.2, -0.15) is 0 Å². The Morgan fingerprint density at radius 3 is 2.76 bits per heavy atom. The summed E-state index contributed by atoms with van der Waals surface area (Å²) in [7, 11) is 0. The number of halogens is 1. The molecule has 1 aliphatic rings. The van der Waals surface area contributed by atoms with Crippen molar-refractivity contribution in [1.29, 1.82) is 0 Å². The SMILES string of the molecule is O=C(O)CCC1CCCN1c1ccc(Cl)cc1. The summed E-state index contributed by atoms with van der Waals surface area (Å²) in [4.78, 5) is 12.9. The highest BCUT2D eigenvalue weighted by Gasteiger charge is 2.24. The summed E-state index contributed by atoms with van der Waals surface area (Å²) in [5.41, 5.74) is 1.14. The van der Waals surface area contributed by atoms with Crippen molar-refractivity contribution in [3.63, 3.8) is 0 Å². The highest BCUT2D eigenvalue weighted by Crippen LogP contribution is 2.28. The van der Waals surface area contributed by atoms with Crippen LogP contribution in [0.4, 0.5) is 5.69 Å². The normalized spacial score (nSPS) is 19.6. The van der Waals surface area contributed by atoms with Gasteiger partial charge in [-0.05, 0) is 43.5 Å². The van der Waals surface area contributed by atoms with Crippen LogP contribution in [0.2, 0.25) is 5.02 Å². The van der Waals surface area contributed by atoms with Crippen molar-refractivity contribution >= 4 is 23.3 Å². The Labute approximate surface area is 106 Å². The average Bonchev–Trinajstić information content (AvgIpc) is 2.75. The first-order valence-electron chi connectivity index (χ1n) is 5.91. The molecule has 0 bridgehead atoms. The van der Waals surface area contributed by atoms with Crippen LogP contribution in [0.1, 0.15) is 25.7 Å². The van der Waals surface area contributed by atoms with Gasteiger partial charge in [-0.1, -0.05) is 11.6 Å². The molecular weight excluding hydrogens is 238 g/mol. The molecule has 1 fully saturated rings. The summed E-state index contributed by atoms with van der Waals surface area (Å²) in [6, 6.07) is 8.11. The highest BCUT2D eigenvalue weighted by atomic mass is 35.5. The second-order valence-electron chi connectivity index (χ2n) is 4.40. The maximum Gasteiger partial charge on any atom is 0.303 e. The van der Waals surface area contributed by atoms with Crippen LogP contribution in [0.15, 0.2) is 24.3 Å². The van der Waals surface area contributed by atoms with Gasteiger partial charge in [0.05, 0.1) is 0 Å². The number of hydrogen-bond donors (Lipinski definition) is 1. The van der Waals surface area contributed by atoms with Crippen LogP contribution in [0.3, 0.4) is 0 Å². The quantitative estimate of drug-likeness (QED) is 0.896. The largest absolute Gasteiger partial charge is 0.481 e. The smallest absolute Gasteiger partial charge is 0.303 e. The van der Waals surface area contributed by atoms with Gasteiger partial charge in [0, 0.05) is 29.7 Å². The number of carboxylic acids is 1. The molecule has 17 heavy (non-hydrogen) atoms. The maximum absolute atomic E-state index is 10.6. The zero-order valence-corrected chi connectivity index (χ0v) is 10.4. The van der Waals surface area contributed by atoms with Gasteiger partial charge in [0.1, 0.15) is 0 Å². The van der Waals surface area contributed by atoms with Crippen molar-refractivity contribution in [2.24, 2.45) is 0 Å². The third kappa shape index (κ3) is 3.13. The van der Waals surface area contributed by atoms with Gasteiger partial charge in [-0.25, -0.2) is 0 Å². The predicted octanol–water partition coefficient (Wildman–Crippen LogP) is 3.17. The number of hydrogen-bond acceptors (Lipinski definition) is 2. The first-order valence-corrected chi connectivity index (χ1v) is 6.28. The Bertz CT molecular complexity index is 391. The molecule has 1 aromatic carbocycles. The topological polar surface area (TPSA) is 40.5 Å². The molecule has 1 unspecified atom stereocenters. The minimum atomic E-state index is -0.715. The fraction of sp³-hybridized carbons (Fsp3) is 0.462. The standard InChI is InChI=1S/C13H16ClNO2/c14-10-3-5-12(6-4-10)15-9-1-2-11(15)7-8-13(16)17/h3-6,11H,1-2,7-9H2,(H,16,17). The van der Waals surface area contributed by atoms with Crippen LogP contribution < -0.4 is 4.90 Å². The number of benzene rings is 1. The fourth-order valence-corrected chi connectivity index (χ4v) is 2.52. The molecule has 1 atom stereocenters. The number of carbonyl (C=O) groups is 1. The van der Waals surface area contributed by atoms with E-state index in [4.69, 9.17) is 16.7 Å². The van der Waals surface area contributed by atoms with E-state index in [1.807, 2.05) is 24.3 Å². The lowest BCUT2D eigenvalue weighted by atomic mass is 10.1. The number of rotatable bonds is 4. The number of carboxylic acid groups (broad SMARTS) is 1. The summed E-state index contributed by atoms with van der Waals surface area (Å²) in [6.45, 7) is 1.01. The lowest BCUT2D eigenvalue weighted by Gasteiger charge is -2.26. The first kappa shape index (κ1) is 12.2. The van der Waals surface area contributed by atoms with Crippen molar-refractivity contribution < 1.29 is 9.90 Å². The van der Waals surface area contributed by atoms with E-state index in [1.54, 1.807) is 0 Å². The van der Waals surface area contributed by atoms with E-state index in [1.165, 1.54) is 0 Å². The van der Waals surface area contributed by atoms with Crippen molar-refractivity contribution in [2.75, 3.05) is 11.4 Å². The van der Waals surface area contributed by atoms with Gasteiger partial charge in [0.2, 0.25) is 0 Å². The molecule has 0 radical (unpaired) electrons. The van der Waals surface area contributed by atoms with Crippen LogP contribution in [0.5, 0.6) is 0 Å². The minimum absolute atomic E-state index is 0.245. The minimum Gasteiger partial charge on any atom is -0.481 e. The van der Waals surface area contributed by atoms with Gasteiger partial charge in [-0.3, -0.25) is 4.79 Å². The third-order valence-electron chi connectivity index (χ3n) is 3.23. The second kappa shape index (κ2) is 5.41. The Hall–Kier alpha value is -1.22. The summed E-state index contributed by atoms with van der Waals surface area (Å²) < 4.78 is 0. The Morgan fingerprint density at radius 2 is 2.12 bits per heavy atom. The lowest BCUT2D eigenvalue weighted by Crippen LogP contribution is -2.29. The molecule has 0 aromatic heterocycles. The molecule has 0 spiro atoms. The van der Waals surface area contributed by atoms with Gasteiger partial charge in [0.15, 0.2) is 0 Å². The van der Waals surface area contributed by atoms with E-state index in [0.717, 1.165) is 36.5 Å². The maximum atomic E-state index is 10.6. The summed E-state index contributed by atoms with van der Waals surface area (Å²) in [6.07, 6.45) is 3.18.